The van der Waals surface area contributed by atoms with Crippen LogP contribution in [0.25, 0.3) is 0 Å². The highest BCUT2D eigenvalue weighted by Crippen LogP contribution is 2.33. The molecule has 0 aromatic heterocycles. The lowest BCUT2D eigenvalue weighted by atomic mass is 9.89. The number of aryl methyl sites for hydroxylation is 2. The Labute approximate surface area is 204 Å². The topological polar surface area (TPSA) is 54.9 Å². The van der Waals surface area contributed by atoms with Crippen LogP contribution in [0.3, 0.4) is 0 Å². The van der Waals surface area contributed by atoms with E-state index < -0.39 is 0 Å². The number of rotatable bonds is 8. The summed E-state index contributed by atoms with van der Waals surface area (Å²) in [5.41, 5.74) is 3.87. The van der Waals surface area contributed by atoms with Crippen LogP contribution in [-0.4, -0.2) is 39.8 Å². The first-order valence-electron chi connectivity index (χ1n) is 10.9. The van der Waals surface area contributed by atoms with E-state index in [2.05, 4.69) is 58.9 Å². The molecule has 1 saturated heterocycles. The van der Waals surface area contributed by atoms with Gasteiger partial charge in [-0.1, -0.05) is 42.0 Å². The molecule has 0 amide bonds. The summed E-state index contributed by atoms with van der Waals surface area (Å²) in [4.78, 5) is 4.39. The average molecular weight is 537 g/mol. The van der Waals surface area contributed by atoms with Gasteiger partial charge in [0.15, 0.2) is 5.96 Å². The lowest BCUT2D eigenvalue weighted by Gasteiger charge is -2.32. The van der Waals surface area contributed by atoms with E-state index in [0.29, 0.717) is 5.92 Å². The Morgan fingerprint density at radius 2 is 1.84 bits per heavy atom. The van der Waals surface area contributed by atoms with Crippen LogP contribution >= 0.6 is 24.0 Å². The van der Waals surface area contributed by atoms with Crippen molar-refractivity contribution in [2.75, 3.05) is 33.9 Å². The monoisotopic (exact) mass is 537 g/mol. The fraction of sp³-hybridized carbons (Fsp3) is 0.480. The second kappa shape index (κ2) is 13.6. The number of aliphatic imine (C=N–C) groups is 1. The van der Waals surface area contributed by atoms with Crippen molar-refractivity contribution >= 4 is 29.9 Å². The molecule has 0 radical (unpaired) electrons. The minimum atomic E-state index is 0. The molecule has 2 N–H and O–H groups in total. The van der Waals surface area contributed by atoms with E-state index in [9.17, 15) is 0 Å². The summed E-state index contributed by atoms with van der Waals surface area (Å²) >= 11 is 0. The number of halogens is 1. The normalized spacial score (nSPS) is 18.7. The second-order valence-corrected chi connectivity index (χ2v) is 7.94. The minimum absolute atomic E-state index is 0. The van der Waals surface area contributed by atoms with Gasteiger partial charge < -0.3 is 20.1 Å². The molecule has 0 bridgehead atoms. The molecule has 2 aromatic rings. The molecular weight excluding hydrogens is 501 g/mol. The first kappa shape index (κ1) is 25.5. The smallest absolute Gasteiger partial charge is 0.190 e. The van der Waals surface area contributed by atoms with Crippen molar-refractivity contribution in [3.8, 4) is 5.75 Å². The van der Waals surface area contributed by atoms with E-state index in [1.807, 2.05) is 19.2 Å². The molecule has 1 fully saturated rings. The Morgan fingerprint density at radius 3 is 2.52 bits per heavy atom. The Kier molecular flexibility index (Phi) is 11.2. The average Bonchev–Trinajstić information content (AvgIpc) is 2.80. The van der Waals surface area contributed by atoms with Gasteiger partial charge in [-0.25, -0.2) is 0 Å². The maximum atomic E-state index is 6.14. The summed E-state index contributed by atoms with van der Waals surface area (Å²) in [5.74, 6) is 2.20. The molecule has 6 heteroatoms. The van der Waals surface area contributed by atoms with Crippen molar-refractivity contribution in [2.24, 2.45) is 10.9 Å². The number of benzene rings is 2. The molecule has 2 atom stereocenters. The van der Waals surface area contributed by atoms with Gasteiger partial charge in [0.25, 0.3) is 0 Å². The Morgan fingerprint density at radius 1 is 1.10 bits per heavy atom. The van der Waals surface area contributed by atoms with Gasteiger partial charge in [0.05, 0.1) is 13.2 Å². The standard InChI is InChI=1S/C25H35N3O2.HI/c1-19-8-12-21(13-9-19)24-22(7-5-17-30-24)18-28-25(26-2)27-16-4-6-20-10-14-23(29-3)15-11-20;/h8-15,22,24H,4-7,16-18H2,1-3H3,(H2,26,27,28);1H. The van der Waals surface area contributed by atoms with Gasteiger partial charge >= 0.3 is 0 Å². The summed E-state index contributed by atoms with van der Waals surface area (Å²) in [6.45, 7) is 4.70. The lowest BCUT2D eigenvalue weighted by molar-refractivity contribution is -0.0265. The van der Waals surface area contributed by atoms with Crippen LogP contribution in [0.2, 0.25) is 0 Å². The Bertz CT molecular complexity index is 793. The molecule has 0 saturated carbocycles. The van der Waals surface area contributed by atoms with Gasteiger partial charge in [-0.05, 0) is 55.9 Å². The third-order valence-corrected chi connectivity index (χ3v) is 5.70. The highest BCUT2D eigenvalue weighted by molar-refractivity contribution is 14.0. The van der Waals surface area contributed by atoms with Crippen LogP contribution in [0.1, 0.15) is 42.1 Å². The fourth-order valence-electron chi connectivity index (χ4n) is 3.92. The summed E-state index contributed by atoms with van der Waals surface area (Å²) in [7, 11) is 3.52. The molecule has 2 unspecified atom stereocenters. The zero-order valence-corrected chi connectivity index (χ0v) is 21.2. The molecule has 2 aromatic carbocycles. The number of nitrogens with one attached hydrogen (secondary N) is 2. The fourth-order valence-corrected chi connectivity index (χ4v) is 3.92. The van der Waals surface area contributed by atoms with E-state index in [-0.39, 0.29) is 30.1 Å². The lowest BCUT2D eigenvalue weighted by Crippen LogP contribution is -2.42. The summed E-state index contributed by atoms with van der Waals surface area (Å²) < 4.78 is 11.4. The van der Waals surface area contributed by atoms with Crippen molar-refractivity contribution in [3.63, 3.8) is 0 Å². The van der Waals surface area contributed by atoms with Crippen molar-refractivity contribution in [2.45, 2.75) is 38.7 Å². The molecule has 0 spiro atoms. The van der Waals surface area contributed by atoms with Crippen LogP contribution in [0.15, 0.2) is 53.5 Å². The zero-order chi connectivity index (χ0) is 21.2. The van der Waals surface area contributed by atoms with Crippen molar-refractivity contribution < 1.29 is 9.47 Å². The molecule has 3 rings (SSSR count). The van der Waals surface area contributed by atoms with Crippen molar-refractivity contribution in [1.29, 1.82) is 0 Å². The van der Waals surface area contributed by atoms with Gasteiger partial charge in [-0.15, -0.1) is 24.0 Å². The maximum absolute atomic E-state index is 6.14. The minimum Gasteiger partial charge on any atom is -0.497 e. The predicted molar refractivity (Wildman–Crippen MR) is 139 cm³/mol. The predicted octanol–water partition coefficient (Wildman–Crippen LogP) is 4.89. The van der Waals surface area contributed by atoms with Crippen molar-refractivity contribution in [3.05, 3.63) is 65.2 Å². The van der Waals surface area contributed by atoms with Crippen LogP contribution < -0.4 is 15.4 Å². The summed E-state index contributed by atoms with van der Waals surface area (Å²) in [6, 6.07) is 17.0. The van der Waals surface area contributed by atoms with Gasteiger partial charge in [0, 0.05) is 32.7 Å². The number of guanidine groups is 1. The van der Waals surface area contributed by atoms with Crippen LogP contribution in [-0.2, 0) is 11.2 Å². The van der Waals surface area contributed by atoms with Gasteiger partial charge in [-0.2, -0.15) is 0 Å². The molecule has 170 valence electrons. The van der Waals surface area contributed by atoms with Crippen LogP contribution in [0.5, 0.6) is 5.75 Å². The van der Waals surface area contributed by atoms with Gasteiger partial charge in [-0.3, -0.25) is 4.99 Å². The third-order valence-electron chi connectivity index (χ3n) is 5.70. The van der Waals surface area contributed by atoms with Crippen LogP contribution in [0.4, 0.5) is 0 Å². The summed E-state index contributed by atoms with van der Waals surface area (Å²) in [5, 5.41) is 6.94. The third kappa shape index (κ3) is 8.00. The SMILES string of the molecule is CN=C(NCCCc1ccc(OC)cc1)NCC1CCCOC1c1ccc(C)cc1.I. The summed E-state index contributed by atoms with van der Waals surface area (Å²) in [6.07, 6.45) is 4.51. The van der Waals surface area contributed by atoms with E-state index in [1.165, 1.54) is 23.1 Å². The first-order chi connectivity index (χ1) is 14.7. The van der Waals surface area contributed by atoms with E-state index in [0.717, 1.165) is 50.7 Å². The van der Waals surface area contributed by atoms with Gasteiger partial charge in [0.1, 0.15) is 5.75 Å². The Balaban J connectivity index is 0.00000341. The number of ether oxygens (including phenoxy) is 2. The molecule has 5 nitrogen and oxygen atoms in total. The molecule has 1 aliphatic rings. The largest absolute Gasteiger partial charge is 0.497 e. The number of nitrogens with zero attached hydrogens (tertiary/aromatic N) is 1. The number of hydrogen-bond acceptors (Lipinski definition) is 3. The first-order valence-corrected chi connectivity index (χ1v) is 10.9. The molecule has 1 heterocycles. The highest BCUT2D eigenvalue weighted by Gasteiger charge is 2.27. The van der Waals surface area contributed by atoms with E-state index in [4.69, 9.17) is 9.47 Å². The second-order valence-electron chi connectivity index (χ2n) is 7.94. The van der Waals surface area contributed by atoms with Crippen molar-refractivity contribution in [1.82, 2.24) is 10.6 Å². The quantitative estimate of drug-likeness (QED) is 0.218. The molecule has 0 aliphatic carbocycles. The number of methoxy groups -OCH3 is 1. The number of hydrogen-bond donors (Lipinski definition) is 2. The zero-order valence-electron chi connectivity index (χ0n) is 18.9. The van der Waals surface area contributed by atoms with E-state index in [1.54, 1.807) is 7.11 Å². The molecule has 31 heavy (non-hydrogen) atoms. The Hall–Kier alpha value is -1.80. The van der Waals surface area contributed by atoms with E-state index >= 15 is 0 Å². The highest BCUT2D eigenvalue weighted by atomic mass is 127. The van der Waals surface area contributed by atoms with Gasteiger partial charge in [0.2, 0.25) is 0 Å². The van der Waals surface area contributed by atoms with Crippen LogP contribution in [0, 0.1) is 12.8 Å². The maximum Gasteiger partial charge on any atom is 0.190 e. The molecular formula is C25H36IN3O2. The molecule has 1 aliphatic heterocycles.